The van der Waals surface area contributed by atoms with Crippen LogP contribution >= 0.6 is 11.3 Å². The van der Waals surface area contributed by atoms with Crippen molar-refractivity contribution in [2.75, 3.05) is 11.9 Å². The summed E-state index contributed by atoms with van der Waals surface area (Å²) in [5, 5.41) is 3.88. The van der Waals surface area contributed by atoms with E-state index >= 15 is 0 Å². The fourth-order valence-electron chi connectivity index (χ4n) is 1.07. The molecule has 0 radical (unpaired) electrons. The molecule has 0 atom stereocenters. The van der Waals surface area contributed by atoms with E-state index in [2.05, 4.69) is 27.2 Å². The maximum Gasteiger partial charge on any atom is 0.270 e. The quantitative estimate of drug-likeness (QED) is 0.798. The highest BCUT2D eigenvalue weighted by Crippen LogP contribution is 2.20. The predicted octanol–water partition coefficient (Wildman–Crippen LogP) is 1.20. The lowest BCUT2D eigenvalue weighted by atomic mass is 10.5. The summed E-state index contributed by atoms with van der Waals surface area (Å²) in [6.07, 6.45) is 2.40. The Hall–Kier alpha value is -1.43. The Morgan fingerprint density at radius 3 is 3.21 bits per heavy atom. The zero-order chi connectivity index (χ0) is 9.97. The van der Waals surface area contributed by atoms with Gasteiger partial charge in [-0.3, -0.25) is 4.79 Å². The van der Waals surface area contributed by atoms with Crippen LogP contribution in [0.25, 0.3) is 10.3 Å². The lowest BCUT2D eigenvalue weighted by molar-refractivity contribution is 0.976. The molecule has 0 amide bonds. The normalized spacial score (nSPS) is 10.6. The van der Waals surface area contributed by atoms with Crippen LogP contribution in [-0.2, 0) is 0 Å². The van der Waals surface area contributed by atoms with Gasteiger partial charge in [-0.05, 0) is 6.42 Å². The second-order valence-corrected chi connectivity index (χ2v) is 3.83. The highest BCUT2D eigenvalue weighted by Gasteiger charge is 2.06. The standard InChI is InChI=1S/C8H10N4OS/c1-2-3-9-8-12-6-5(14-8)7(13)11-4-10-6/h4H,2-3H2,1H3,(H2,9,10,11,12,13). The number of hydrogen-bond acceptors (Lipinski definition) is 5. The number of fused-ring (bicyclic) bond motifs is 1. The zero-order valence-corrected chi connectivity index (χ0v) is 8.52. The minimum absolute atomic E-state index is 0.128. The first kappa shape index (κ1) is 9.14. The number of thiazole rings is 1. The molecule has 0 bridgehead atoms. The molecule has 2 aromatic heterocycles. The van der Waals surface area contributed by atoms with Gasteiger partial charge in [0.1, 0.15) is 4.70 Å². The number of aromatic amines is 1. The van der Waals surface area contributed by atoms with Gasteiger partial charge >= 0.3 is 0 Å². The summed E-state index contributed by atoms with van der Waals surface area (Å²) in [5.74, 6) is 0. The van der Waals surface area contributed by atoms with Crippen LogP contribution in [0.15, 0.2) is 11.1 Å². The maximum absolute atomic E-state index is 11.3. The summed E-state index contributed by atoms with van der Waals surface area (Å²) in [6.45, 7) is 2.93. The number of rotatable bonds is 3. The van der Waals surface area contributed by atoms with Crippen LogP contribution in [0, 0.1) is 0 Å². The van der Waals surface area contributed by atoms with Gasteiger partial charge in [-0.15, -0.1) is 0 Å². The molecule has 0 aliphatic rings. The topological polar surface area (TPSA) is 70.7 Å². The Balaban J connectivity index is 2.41. The fraction of sp³-hybridized carbons (Fsp3) is 0.375. The molecule has 2 N–H and O–H groups in total. The third-order valence-electron chi connectivity index (χ3n) is 1.72. The first-order valence-corrected chi connectivity index (χ1v) is 5.21. The molecule has 0 saturated heterocycles. The van der Waals surface area contributed by atoms with E-state index in [1.54, 1.807) is 0 Å². The monoisotopic (exact) mass is 210 g/mol. The van der Waals surface area contributed by atoms with Crippen LogP contribution < -0.4 is 10.9 Å². The Morgan fingerprint density at radius 1 is 1.64 bits per heavy atom. The van der Waals surface area contributed by atoms with Gasteiger partial charge in [0.15, 0.2) is 10.8 Å². The van der Waals surface area contributed by atoms with E-state index < -0.39 is 0 Å². The summed E-state index contributed by atoms with van der Waals surface area (Å²) in [5.41, 5.74) is 0.384. The molecule has 0 spiro atoms. The van der Waals surface area contributed by atoms with Crippen molar-refractivity contribution >= 4 is 26.8 Å². The molecular formula is C8H10N4OS. The van der Waals surface area contributed by atoms with Gasteiger partial charge in [-0.2, -0.15) is 4.98 Å². The number of anilines is 1. The van der Waals surface area contributed by atoms with Gasteiger partial charge in [0.2, 0.25) is 0 Å². The Kier molecular flexibility index (Phi) is 2.45. The molecule has 0 saturated carbocycles. The number of H-pyrrole nitrogens is 1. The average molecular weight is 210 g/mol. The number of nitrogens with zero attached hydrogens (tertiary/aromatic N) is 2. The summed E-state index contributed by atoms with van der Waals surface area (Å²) in [6, 6.07) is 0. The maximum atomic E-state index is 11.3. The molecule has 0 aliphatic carbocycles. The minimum atomic E-state index is -0.128. The van der Waals surface area contributed by atoms with E-state index in [9.17, 15) is 4.79 Å². The Morgan fingerprint density at radius 2 is 2.50 bits per heavy atom. The van der Waals surface area contributed by atoms with Crippen molar-refractivity contribution in [1.29, 1.82) is 0 Å². The zero-order valence-electron chi connectivity index (χ0n) is 7.70. The first-order valence-electron chi connectivity index (χ1n) is 4.39. The van der Waals surface area contributed by atoms with Crippen molar-refractivity contribution in [3.63, 3.8) is 0 Å². The van der Waals surface area contributed by atoms with Crippen LogP contribution in [0.5, 0.6) is 0 Å². The molecule has 5 nitrogen and oxygen atoms in total. The van der Waals surface area contributed by atoms with Gasteiger partial charge in [0.05, 0.1) is 6.33 Å². The third-order valence-corrected chi connectivity index (χ3v) is 2.73. The molecule has 6 heteroatoms. The third kappa shape index (κ3) is 1.60. The van der Waals surface area contributed by atoms with E-state index in [0.717, 1.165) is 18.1 Å². The van der Waals surface area contributed by atoms with Crippen LogP contribution in [0.1, 0.15) is 13.3 Å². The molecule has 14 heavy (non-hydrogen) atoms. The summed E-state index contributed by atoms with van der Waals surface area (Å²) < 4.78 is 0.575. The van der Waals surface area contributed by atoms with Crippen LogP contribution in [0.4, 0.5) is 5.13 Å². The van der Waals surface area contributed by atoms with Crippen molar-refractivity contribution in [2.45, 2.75) is 13.3 Å². The van der Waals surface area contributed by atoms with Crippen LogP contribution in [0.2, 0.25) is 0 Å². The summed E-state index contributed by atoms with van der Waals surface area (Å²) in [4.78, 5) is 22.0. The van der Waals surface area contributed by atoms with Crippen molar-refractivity contribution in [2.24, 2.45) is 0 Å². The molecular weight excluding hydrogens is 200 g/mol. The van der Waals surface area contributed by atoms with E-state index in [0.29, 0.717) is 10.3 Å². The molecule has 0 unspecified atom stereocenters. The average Bonchev–Trinajstić information content (AvgIpc) is 2.59. The van der Waals surface area contributed by atoms with Gasteiger partial charge in [0.25, 0.3) is 5.56 Å². The van der Waals surface area contributed by atoms with Crippen LogP contribution in [-0.4, -0.2) is 21.5 Å². The summed E-state index contributed by atoms with van der Waals surface area (Å²) in [7, 11) is 0. The predicted molar refractivity (Wildman–Crippen MR) is 56.8 cm³/mol. The van der Waals surface area contributed by atoms with Gasteiger partial charge in [0, 0.05) is 6.54 Å². The van der Waals surface area contributed by atoms with Gasteiger partial charge in [-0.1, -0.05) is 18.3 Å². The smallest absolute Gasteiger partial charge is 0.270 e. The van der Waals surface area contributed by atoms with E-state index in [4.69, 9.17) is 0 Å². The molecule has 0 aliphatic heterocycles. The largest absolute Gasteiger partial charge is 0.361 e. The van der Waals surface area contributed by atoms with E-state index in [1.807, 2.05) is 0 Å². The number of nitrogens with one attached hydrogen (secondary N) is 2. The number of hydrogen-bond donors (Lipinski definition) is 2. The molecule has 0 aromatic carbocycles. The number of aromatic nitrogens is 3. The molecule has 0 fully saturated rings. The van der Waals surface area contributed by atoms with Crippen LogP contribution in [0.3, 0.4) is 0 Å². The van der Waals surface area contributed by atoms with Crippen molar-refractivity contribution in [3.05, 3.63) is 16.7 Å². The Bertz CT molecular complexity index is 489. The second kappa shape index (κ2) is 3.75. The van der Waals surface area contributed by atoms with Crippen molar-refractivity contribution in [1.82, 2.24) is 15.0 Å². The SMILES string of the molecule is CCCNc1nc2nc[nH]c(=O)c2s1. The minimum Gasteiger partial charge on any atom is -0.361 e. The van der Waals surface area contributed by atoms with Gasteiger partial charge in [-0.25, -0.2) is 4.98 Å². The molecule has 2 rings (SSSR count). The highest BCUT2D eigenvalue weighted by molar-refractivity contribution is 7.22. The van der Waals surface area contributed by atoms with E-state index in [-0.39, 0.29) is 5.56 Å². The molecule has 2 aromatic rings. The molecule has 74 valence electrons. The second-order valence-electron chi connectivity index (χ2n) is 2.83. The molecule has 2 heterocycles. The van der Waals surface area contributed by atoms with Crippen molar-refractivity contribution in [3.8, 4) is 0 Å². The summed E-state index contributed by atoms with van der Waals surface area (Å²) >= 11 is 1.34. The van der Waals surface area contributed by atoms with E-state index in [1.165, 1.54) is 17.7 Å². The van der Waals surface area contributed by atoms with Gasteiger partial charge < -0.3 is 10.3 Å². The first-order chi connectivity index (χ1) is 6.81. The highest BCUT2D eigenvalue weighted by atomic mass is 32.1. The Labute approximate surface area is 84.2 Å². The lowest BCUT2D eigenvalue weighted by Gasteiger charge is -1.95. The van der Waals surface area contributed by atoms with Crippen molar-refractivity contribution < 1.29 is 0 Å². The fourth-order valence-corrected chi connectivity index (χ4v) is 1.91. The lowest BCUT2D eigenvalue weighted by Crippen LogP contribution is -2.03.